The van der Waals surface area contributed by atoms with Crippen molar-refractivity contribution in [2.45, 2.75) is 58.3 Å². The van der Waals surface area contributed by atoms with Crippen LogP contribution in [-0.4, -0.2) is 21.8 Å². The molecular weight excluding hydrogens is 480 g/mol. The van der Waals surface area contributed by atoms with E-state index in [1.54, 1.807) is 18.2 Å². The molecule has 2 N–H and O–H groups in total. The SMILES string of the molecule is Cc1cc2nc3c(nc2cc1C)C1(C(=O)NNC(=O)c2ccccc2Br)CCC3(C)C1(C)C. The second-order valence-corrected chi connectivity index (χ2v) is 11.0. The van der Waals surface area contributed by atoms with Gasteiger partial charge in [-0.1, -0.05) is 32.9 Å². The van der Waals surface area contributed by atoms with E-state index in [-0.39, 0.29) is 17.2 Å². The molecule has 33 heavy (non-hydrogen) atoms. The summed E-state index contributed by atoms with van der Waals surface area (Å²) in [5.74, 6) is -0.618. The van der Waals surface area contributed by atoms with Crippen molar-refractivity contribution in [3.8, 4) is 0 Å². The number of nitrogens with one attached hydrogen (secondary N) is 2. The average molecular weight is 507 g/mol. The van der Waals surface area contributed by atoms with Crippen molar-refractivity contribution in [1.82, 2.24) is 20.8 Å². The first-order valence-electron chi connectivity index (χ1n) is 11.2. The number of benzene rings is 2. The molecule has 7 heteroatoms. The minimum absolute atomic E-state index is 0.243. The molecule has 1 saturated carbocycles. The highest BCUT2D eigenvalue weighted by atomic mass is 79.9. The topological polar surface area (TPSA) is 84.0 Å². The van der Waals surface area contributed by atoms with Crippen molar-refractivity contribution in [2.24, 2.45) is 5.41 Å². The van der Waals surface area contributed by atoms with E-state index < -0.39 is 10.8 Å². The number of hydrogen-bond acceptors (Lipinski definition) is 4. The van der Waals surface area contributed by atoms with Crippen LogP contribution in [0.25, 0.3) is 11.0 Å². The Hall–Kier alpha value is -2.80. The summed E-state index contributed by atoms with van der Waals surface area (Å²) in [4.78, 5) is 36.6. The van der Waals surface area contributed by atoms with E-state index in [9.17, 15) is 9.59 Å². The van der Waals surface area contributed by atoms with Crippen molar-refractivity contribution < 1.29 is 9.59 Å². The Morgan fingerprint density at radius 2 is 1.52 bits per heavy atom. The molecule has 2 amide bonds. The smallest absolute Gasteiger partial charge is 0.270 e. The number of nitrogens with zero attached hydrogens (tertiary/aromatic N) is 2. The van der Waals surface area contributed by atoms with E-state index >= 15 is 0 Å². The van der Waals surface area contributed by atoms with Crippen LogP contribution in [0.4, 0.5) is 0 Å². The Morgan fingerprint density at radius 3 is 2.15 bits per heavy atom. The molecule has 1 aromatic heterocycles. The molecule has 2 atom stereocenters. The third-order valence-electron chi connectivity index (χ3n) is 8.45. The molecule has 1 fully saturated rings. The van der Waals surface area contributed by atoms with Crippen molar-refractivity contribution in [3.63, 3.8) is 0 Å². The van der Waals surface area contributed by atoms with E-state index in [0.29, 0.717) is 16.5 Å². The third-order valence-corrected chi connectivity index (χ3v) is 9.14. The van der Waals surface area contributed by atoms with Gasteiger partial charge >= 0.3 is 0 Å². The van der Waals surface area contributed by atoms with Crippen molar-refractivity contribution in [1.29, 1.82) is 0 Å². The molecule has 2 aliphatic carbocycles. The number of aromatic nitrogens is 2. The Kier molecular flexibility index (Phi) is 4.73. The van der Waals surface area contributed by atoms with Crippen molar-refractivity contribution in [2.75, 3.05) is 0 Å². The van der Waals surface area contributed by atoms with Gasteiger partial charge in [0.15, 0.2) is 0 Å². The highest BCUT2D eigenvalue weighted by molar-refractivity contribution is 9.10. The van der Waals surface area contributed by atoms with Crippen LogP contribution in [0, 0.1) is 19.3 Å². The highest BCUT2D eigenvalue weighted by Crippen LogP contribution is 2.70. The molecule has 2 aromatic carbocycles. The van der Waals surface area contributed by atoms with Crippen LogP contribution >= 0.6 is 15.9 Å². The number of hydrogen-bond donors (Lipinski definition) is 2. The molecule has 6 nitrogen and oxygen atoms in total. The number of aryl methyl sites for hydroxylation is 2. The standard InChI is InChI=1S/C26H27BrN4O2/c1-14-12-18-19(13-15(14)2)29-21-20(28-18)25(5)10-11-26(21,24(25,3)4)23(33)31-30-22(32)16-8-6-7-9-17(16)27/h6-9,12-13H,10-11H2,1-5H3,(H,30,32)(H,31,33). The number of hydrazine groups is 1. The summed E-state index contributed by atoms with van der Waals surface area (Å²) < 4.78 is 0.665. The number of carbonyl (C=O) groups is 2. The molecular formula is C26H27BrN4O2. The summed E-state index contributed by atoms with van der Waals surface area (Å²) in [6, 6.07) is 11.2. The van der Waals surface area contributed by atoms with Gasteiger partial charge in [0, 0.05) is 9.89 Å². The van der Waals surface area contributed by atoms with Gasteiger partial charge in [-0.3, -0.25) is 20.4 Å². The van der Waals surface area contributed by atoms with Gasteiger partial charge in [0.2, 0.25) is 0 Å². The van der Waals surface area contributed by atoms with E-state index in [4.69, 9.17) is 9.97 Å². The maximum Gasteiger partial charge on any atom is 0.270 e. The number of amides is 2. The molecule has 0 spiro atoms. The van der Waals surface area contributed by atoms with Crippen LogP contribution in [0.1, 0.15) is 66.5 Å². The highest BCUT2D eigenvalue weighted by Gasteiger charge is 2.73. The van der Waals surface area contributed by atoms with Crippen LogP contribution in [0.5, 0.6) is 0 Å². The van der Waals surface area contributed by atoms with Gasteiger partial charge < -0.3 is 0 Å². The molecule has 2 aliphatic rings. The maximum atomic E-state index is 13.8. The maximum absolute atomic E-state index is 13.8. The van der Waals surface area contributed by atoms with Crippen LogP contribution < -0.4 is 10.9 Å². The minimum Gasteiger partial charge on any atom is -0.272 e. The second-order valence-electron chi connectivity index (χ2n) is 10.1. The molecule has 0 aliphatic heterocycles. The van der Waals surface area contributed by atoms with Crippen molar-refractivity contribution >= 4 is 38.8 Å². The van der Waals surface area contributed by atoms with E-state index in [1.165, 1.54) is 5.56 Å². The zero-order chi connectivity index (χ0) is 23.8. The van der Waals surface area contributed by atoms with Gasteiger partial charge in [-0.25, -0.2) is 9.97 Å². The Morgan fingerprint density at radius 1 is 0.909 bits per heavy atom. The molecule has 0 radical (unpaired) electrons. The van der Waals surface area contributed by atoms with Crippen LogP contribution in [0.2, 0.25) is 0 Å². The number of rotatable bonds is 2. The minimum atomic E-state index is -0.877. The van der Waals surface area contributed by atoms with E-state index in [1.807, 2.05) is 12.1 Å². The van der Waals surface area contributed by atoms with Gasteiger partial charge in [0.05, 0.1) is 28.0 Å². The average Bonchev–Trinajstić information content (AvgIpc) is 3.07. The molecule has 1 heterocycles. The Balaban J connectivity index is 1.56. The van der Waals surface area contributed by atoms with Gasteiger partial charge in [-0.15, -0.1) is 0 Å². The second kappa shape index (κ2) is 7.10. The molecule has 5 rings (SSSR count). The fourth-order valence-electron chi connectivity index (χ4n) is 5.79. The monoisotopic (exact) mass is 506 g/mol. The van der Waals surface area contributed by atoms with Gasteiger partial charge in [0.1, 0.15) is 5.41 Å². The lowest BCUT2D eigenvalue weighted by atomic mass is 9.63. The molecule has 170 valence electrons. The summed E-state index contributed by atoms with van der Waals surface area (Å²) in [7, 11) is 0. The summed E-state index contributed by atoms with van der Waals surface area (Å²) in [6.45, 7) is 10.6. The van der Waals surface area contributed by atoms with Crippen LogP contribution in [0.15, 0.2) is 40.9 Å². The first-order valence-corrected chi connectivity index (χ1v) is 12.0. The number of fused-ring (bicyclic) bond motifs is 6. The largest absolute Gasteiger partial charge is 0.272 e. The number of carbonyl (C=O) groups excluding carboxylic acids is 2. The summed E-state index contributed by atoms with van der Waals surface area (Å²) >= 11 is 3.39. The number of halogens is 1. The first kappa shape index (κ1) is 22.0. The molecule has 0 saturated heterocycles. The van der Waals surface area contributed by atoms with Gasteiger partial charge in [0.25, 0.3) is 11.8 Å². The first-order chi connectivity index (χ1) is 15.5. The molecule has 2 unspecified atom stereocenters. The zero-order valence-electron chi connectivity index (χ0n) is 19.5. The summed E-state index contributed by atoms with van der Waals surface area (Å²) in [6.07, 6.45) is 1.49. The Bertz CT molecular complexity index is 1350. The van der Waals surface area contributed by atoms with E-state index in [2.05, 4.69) is 67.5 Å². The van der Waals surface area contributed by atoms with Crippen LogP contribution in [-0.2, 0) is 15.6 Å². The zero-order valence-corrected chi connectivity index (χ0v) is 21.1. The Labute approximate surface area is 201 Å². The predicted molar refractivity (Wildman–Crippen MR) is 131 cm³/mol. The van der Waals surface area contributed by atoms with Gasteiger partial charge in [-0.05, 0) is 83.4 Å². The lowest BCUT2D eigenvalue weighted by molar-refractivity contribution is -0.131. The lowest BCUT2D eigenvalue weighted by Gasteiger charge is -2.39. The normalized spacial score (nSPS) is 24.5. The van der Waals surface area contributed by atoms with E-state index in [0.717, 1.165) is 34.4 Å². The predicted octanol–water partition coefficient (Wildman–Crippen LogP) is 4.80. The molecule has 3 aromatic rings. The molecule has 2 bridgehead atoms. The van der Waals surface area contributed by atoms with Crippen LogP contribution in [0.3, 0.4) is 0 Å². The van der Waals surface area contributed by atoms with Gasteiger partial charge in [-0.2, -0.15) is 0 Å². The fourth-order valence-corrected chi connectivity index (χ4v) is 6.26. The summed E-state index contributed by atoms with van der Waals surface area (Å²) in [5, 5.41) is 0. The van der Waals surface area contributed by atoms with Crippen molar-refractivity contribution in [3.05, 3.63) is 68.9 Å². The quantitative estimate of drug-likeness (QED) is 0.489. The lowest BCUT2D eigenvalue weighted by Crippen LogP contribution is -2.55. The third kappa shape index (κ3) is 2.78. The summed E-state index contributed by atoms with van der Waals surface area (Å²) in [5.41, 5.74) is 9.82. The fraction of sp³-hybridized carbons (Fsp3) is 0.385.